The lowest BCUT2D eigenvalue weighted by atomic mass is 10.1. The van der Waals surface area contributed by atoms with Crippen LogP contribution in [0.5, 0.6) is 0 Å². The number of aliphatic hydroxyl groups excluding tert-OH is 3. The highest BCUT2D eigenvalue weighted by atomic mass is 31.2. The average Bonchev–Trinajstić information content (AvgIpc) is 3.14. The van der Waals surface area contributed by atoms with Gasteiger partial charge in [-0.3, -0.25) is 18.6 Å². The lowest BCUT2D eigenvalue weighted by Crippen LogP contribution is -2.29. The summed E-state index contributed by atoms with van der Waals surface area (Å²) in [6.07, 6.45) is 37.5. The van der Waals surface area contributed by atoms with Gasteiger partial charge < -0.3 is 29.7 Å². The van der Waals surface area contributed by atoms with Gasteiger partial charge >= 0.3 is 19.8 Å². The second kappa shape index (κ2) is 37.5. The van der Waals surface area contributed by atoms with Gasteiger partial charge in [-0.1, -0.05) is 106 Å². The minimum atomic E-state index is -4.64. The molecule has 0 rings (SSSR count). The number of phosphoric ester groups is 1. The van der Waals surface area contributed by atoms with Crippen molar-refractivity contribution in [3.63, 3.8) is 0 Å². The van der Waals surface area contributed by atoms with E-state index < -0.39 is 51.8 Å². The molecule has 0 bridgehead atoms. The molecule has 0 fully saturated rings. The zero-order chi connectivity index (χ0) is 40.0. The fraction of sp³-hybridized carbons (Fsp3) is 0.714. The zero-order valence-electron chi connectivity index (χ0n) is 33.3. The number of rotatable bonds is 37. The molecule has 0 aliphatic heterocycles. The highest BCUT2D eigenvalue weighted by molar-refractivity contribution is 7.47. The Hall–Kier alpha value is -2.37. The van der Waals surface area contributed by atoms with Crippen molar-refractivity contribution < 1.29 is 52.9 Å². The number of unbranched alkanes of at least 4 members (excludes halogenated alkanes) is 11. The first-order chi connectivity index (χ1) is 26.1. The van der Waals surface area contributed by atoms with E-state index in [1.807, 2.05) is 19.1 Å². The zero-order valence-corrected chi connectivity index (χ0v) is 34.2. The minimum absolute atomic E-state index is 0.150. The third kappa shape index (κ3) is 37.9. The third-order valence-corrected chi connectivity index (χ3v) is 9.11. The second-order valence-corrected chi connectivity index (χ2v) is 15.0. The molecule has 11 nitrogen and oxygen atoms in total. The quantitative estimate of drug-likeness (QED) is 0.0205. The van der Waals surface area contributed by atoms with Crippen molar-refractivity contribution in [1.82, 2.24) is 0 Å². The van der Waals surface area contributed by atoms with Gasteiger partial charge in [0.15, 0.2) is 6.10 Å². The van der Waals surface area contributed by atoms with Crippen LogP contribution in [0.2, 0.25) is 0 Å². The molecular weight excluding hydrogens is 711 g/mol. The van der Waals surface area contributed by atoms with Gasteiger partial charge in [0.25, 0.3) is 0 Å². The van der Waals surface area contributed by atoms with Crippen LogP contribution in [0.15, 0.2) is 60.8 Å². The van der Waals surface area contributed by atoms with Gasteiger partial charge in [0.2, 0.25) is 0 Å². The monoisotopic (exact) mass is 784 g/mol. The molecule has 0 spiro atoms. The molecular formula is C42H73O11P. The Balaban J connectivity index is 4.45. The smallest absolute Gasteiger partial charge is 0.462 e. The van der Waals surface area contributed by atoms with Gasteiger partial charge in [-0.15, -0.1) is 0 Å². The van der Waals surface area contributed by atoms with E-state index in [-0.39, 0.29) is 25.6 Å². The number of phosphoric acid groups is 1. The highest BCUT2D eigenvalue weighted by Gasteiger charge is 2.27. The van der Waals surface area contributed by atoms with Crippen LogP contribution in [0.1, 0.15) is 149 Å². The first-order valence-corrected chi connectivity index (χ1v) is 21.8. The predicted octanol–water partition coefficient (Wildman–Crippen LogP) is 9.30. The van der Waals surface area contributed by atoms with Crippen LogP contribution in [-0.2, 0) is 32.7 Å². The molecule has 312 valence electrons. The number of esters is 2. The van der Waals surface area contributed by atoms with Crippen LogP contribution < -0.4 is 0 Å². The van der Waals surface area contributed by atoms with Gasteiger partial charge in [0.1, 0.15) is 12.7 Å². The summed E-state index contributed by atoms with van der Waals surface area (Å²) in [5.41, 5.74) is 0. The Labute approximate surface area is 326 Å². The van der Waals surface area contributed by atoms with Gasteiger partial charge in [-0.05, 0) is 90.4 Å². The topological polar surface area (TPSA) is 169 Å². The largest absolute Gasteiger partial charge is 0.472 e. The molecule has 0 amide bonds. The molecule has 0 saturated carbocycles. The van der Waals surface area contributed by atoms with Crippen LogP contribution in [0.3, 0.4) is 0 Å². The average molecular weight is 785 g/mol. The molecule has 12 heteroatoms. The first-order valence-electron chi connectivity index (χ1n) is 20.3. The van der Waals surface area contributed by atoms with E-state index in [4.69, 9.17) is 19.1 Å². The number of carbonyl (C=O) groups excluding carboxylic acids is 2. The normalized spacial score (nSPS) is 15.1. The molecule has 4 N–H and O–H groups in total. The van der Waals surface area contributed by atoms with Crippen LogP contribution in [0.4, 0.5) is 0 Å². The van der Waals surface area contributed by atoms with Crippen LogP contribution in [0, 0.1) is 0 Å². The summed E-state index contributed by atoms with van der Waals surface area (Å²) >= 11 is 0. The Kier molecular flexibility index (Phi) is 35.9. The molecule has 0 saturated heterocycles. The number of aliphatic hydroxyl groups is 3. The van der Waals surface area contributed by atoms with E-state index in [1.165, 1.54) is 25.7 Å². The molecule has 1 unspecified atom stereocenters. The number of carbonyl (C=O) groups is 2. The summed E-state index contributed by atoms with van der Waals surface area (Å²) in [6, 6.07) is 0. The van der Waals surface area contributed by atoms with Gasteiger partial charge in [-0.2, -0.15) is 0 Å². The van der Waals surface area contributed by atoms with E-state index in [0.29, 0.717) is 19.3 Å². The molecule has 0 radical (unpaired) electrons. The Morgan fingerprint density at radius 2 is 1.09 bits per heavy atom. The maximum Gasteiger partial charge on any atom is 0.472 e. The number of ether oxygens (including phenoxy) is 2. The van der Waals surface area contributed by atoms with Crippen LogP contribution >= 0.6 is 7.82 Å². The summed E-state index contributed by atoms with van der Waals surface area (Å²) < 4.78 is 32.5. The minimum Gasteiger partial charge on any atom is -0.462 e. The van der Waals surface area contributed by atoms with E-state index in [9.17, 15) is 29.3 Å². The van der Waals surface area contributed by atoms with Crippen molar-refractivity contribution in [2.45, 2.75) is 167 Å². The fourth-order valence-corrected chi connectivity index (χ4v) is 5.79. The van der Waals surface area contributed by atoms with Crippen molar-refractivity contribution in [1.29, 1.82) is 0 Å². The van der Waals surface area contributed by atoms with Gasteiger partial charge in [0.05, 0.1) is 25.9 Å². The molecule has 0 heterocycles. The fourth-order valence-electron chi connectivity index (χ4n) is 5.00. The summed E-state index contributed by atoms with van der Waals surface area (Å²) in [6.45, 7) is 1.81. The lowest BCUT2D eigenvalue weighted by molar-refractivity contribution is -0.161. The Morgan fingerprint density at radius 3 is 1.69 bits per heavy atom. The lowest BCUT2D eigenvalue weighted by Gasteiger charge is -2.20. The van der Waals surface area contributed by atoms with E-state index in [2.05, 4.69) is 60.1 Å². The Bertz CT molecular complexity index is 1100. The van der Waals surface area contributed by atoms with Crippen LogP contribution in [-0.4, -0.2) is 76.9 Å². The SMILES string of the molecule is CCCCCC/C=C\CCCCCCCC(=O)O[C@H](COC(=O)CCC/C=C\C/C=C\C/C=C\C/C=C\CCC[C@@H](C)O)COP(=O)(O)OC[C@@H](O)CO. The molecule has 0 aliphatic rings. The molecule has 0 aliphatic carbocycles. The molecule has 0 aromatic rings. The number of hydrogen-bond donors (Lipinski definition) is 4. The van der Waals surface area contributed by atoms with Crippen molar-refractivity contribution in [3.05, 3.63) is 60.8 Å². The van der Waals surface area contributed by atoms with Crippen molar-refractivity contribution in [2.24, 2.45) is 0 Å². The van der Waals surface area contributed by atoms with Gasteiger partial charge in [0, 0.05) is 12.8 Å². The maximum atomic E-state index is 12.6. The summed E-state index contributed by atoms with van der Waals surface area (Å²) in [5.74, 6) is -1.02. The summed E-state index contributed by atoms with van der Waals surface area (Å²) in [5, 5.41) is 27.5. The van der Waals surface area contributed by atoms with E-state index in [1.54, 1.807) is 0 Å². The standard InChI is InChI=1S/C42H73O11P/c1-3-4-5-6-7-8-9-13-18-21-24-27-30-33-42(47)53-40(37-52-54(48,49)51-35-39(45)34-43)36-50-41(46)32-29-26-23-20-17-15-12-10-11-14-16-19-22-25-28-31-38(2)44/h8-9,11-12,14-15,19-20,22-23,38-40,43-45H,3-7,10,13,16-18,21,24-37H2,1-2H3,(H,48,49)/b9-8-,14-11-,15-12-,22-19-,23-20-/t38-,39+,40-/m1/s1. The van der Waals surface area contributed by atoms with Crippen molar-refractivity contribution in [3.8, 4) is 0 Å². The van der Waals surface area contributed by atoms with E-state index in [0.717, 1.165) is 77.0 Å². The highest BCUT2D eigenvalue weighted by Crippen LogP contribution is 2.43. The maximum absolute atomic E-state index is 12.6. The van der Waals surface area contributed by atoms with Crippen molar-refractivity contribution in [2.75, 3.05) is 26.4 Å². The molecule has 0 aromatic carbocycles. The number of hydrogen-bond acceptors (Lipinski definition) is 10. The summed E-state index contributed by atoms with van der Waals surface area (Å²) in [7, 11) is -4.64. The third-order valence-electron chi connectivity index (χ3n) is 8.16. The molecule has 54 heavy (non-hydrogen) atoms. The van der Waals surface area contributed by atoms with Gasteiger partial charge in [-0.25, -0.2) is 4.57 Å². The van der Waals surface area contributed by atoms with E-state index >= 15 is 0 Å². The van der Waals surface area contributed by atoms with Crippen molar-refractivity contribution >= 4 is 19.8 Å². The summed E-state index contributed by atoms with van der Waals surface area (Å²) in [4.78, 5) is 34.9. The number of allylic oxidation sites excluding steroid dienone is 10. The molecule has 4 atom stereocenters. The Morgan fingerprint density at radius 1 is 0.611 bits per heavy atom. The predicted molar refractivity (Wildman–Crippen MR) is 216 cm³/mol. The van der Waals surface area contributed by atoms with Crippen LogP contribution in [0.25, 0.3) is 0 Å². The molecule has 0 aromatic heterocycles. The first kappa shape index (κ1) is 51.6. The second-order valence-electron chi connectivity index (χ2n) is 13.6.